The molecule has 0 unspecified atom stereocenters. The highest BCUT2D eigenvalue weighted by Crippen LogP contribution is 2.34. The van der Waals surface area contributed by atoms with Crippen LogP contribution in [-0.2, 0) is 19.1 Å². The van der Waals surface area contributed by atoms with Crippen LogP contribution in [0.4, 0.5) is 41.6 Å². The fraction of sp³-hybridized carbons (Fsp3) is 0.700. The van der Waals surface area contributed by atoms with Crippen molar-refractivity contribution in [3.63, 3.8) is 0 Å². The summed E-state index contributed by atoms with van der Waals surface area (Å²) >= 11 is 12.1. The van der Waals surface area contributed by atoms with E-state index < -0.39 is 47.5 Å². The zero-order valence-electron chi connectivity index (χ0n) is 36.1. The van der Waals surface area contributed by atoms with E-state index in [1.807, 2.05) is 0 Å². The third-order valence-corrected chi connectivity index (χ3v) is 12.5. The van der Waals surface area contributed by atoms with Crippen LogP contribution in [0.3, 0.4) is 0 Å². The first kappa shape index (κ1) is 50.2. The van der Waals surface area contributed by atoms with Gasteiger partial charge in [-0.1, -0.05) is 51.4 Å². The van der Waals surface area contributed by atoms with Crippen LogP contribution >= 0.6 is 23.2 Å². The Hall–Kier alpha value is -4.80. The number of carbonyl (C=O) groups is 4. The number of rotatable bonds is 20. The molecule has 4 heterocycles. The molecule has 4 atom stereocenters. The third kappa shape index (κ3) is 14.6. The normalized spacial score (nSPS) is 19.7. The van der Waals surface area contributed by atoms with Crippen LogP contribution in [0.25, 0.3) is 0 Å². The van der Waals surface area contributed by atoms with E-state index in [1.165, 1.54) is 0 Å². The molecule has 0 radical (unpaired) electrons. The number of halogens is 4. The van der Waals surface area contributed by atoms with Gasteiger partial charge in [-0.15, -0.1) is 0 Å². The number of nitrogens with one attached hydrogen (secondary N) is 6. The van der Waals surface area contributed by atoms with E-state index in [4.69, 9.17) is 42.9 Å². The Kier molecular flexibility index (Phi) is 19.6. The Bertz CT molecular complexity index is 1750. The predicted octanol–water partition coefficient (Wildman–Crippen LogP) is 5.58. The summed E-state index contributed by atoms with van der Waals surface area (Å²) in [5, 5.41) is 22.1. The van der Waals surface area contributed by atoms with Crippen molar-refractivity contribution in [3.8, 4) is 0 Å². The topological polar surface area (TPSA) is 257 Å². The molecule has 2 aliphatic carbocycles. The van der Waals surface area contributed by atoms with Crippen molar-refractivity contribution in [2.24, 2.45) is 23.7 Å². The maximum absolute atomic E-state index is 15.2. The summed E-state index contributed by atoms with van der Waals surface area (Å²) in [6.45, 7) is 2.02. The number of hydrogen-bond donors (Lipinski definition) is 8. The lowest BCUT2D eigenvalue weighted by Crippen LogP contribution is -2.42. The van der Waals surface area contributed by atoms with E-state index in [-0.39, 0.29) is 59.0 Å². The molecular formula is C40H60Cl2F2N12O8. The number of aromatic nitrogens is 4. The van der Waals surface area contributed by atoms with Crippen molar-refractivity contribution in [3.05, 3.63) is 22.2 Å². The van der Waals surface area contributed by atoms with Crippen molar-refractivity contribution in [2.75, 3.05) is 74.3 Å². The number of hydrazine groups is 2. The average molecular weight is 946 g/mol. The predicted molar refractivity (Wildman–Crippen MR) is 234 cm³/mol. The molecule has 20 nitrogen and oxygen atoms in total. The number of ether oxygens (including phenoxy) is 2. The molecule has 356 valence electrons. The molecule has 4 aliphatic rings. The molecule has 4 fully saturated rings. The van der Waals surface area contributed by atoms with Crippen molar-refractivity contribution < 1.29 is 47.6 Å². The molecule has 2 aromatic rings. The van der Waals surface area contributed by atoms with Crippen molar-refractivity contribution in [1.82, 2.24) is 41.4 Å². The van der Waals surface area contributed by atoms with Crippen LogP contribution in [0.15, 0.2) is 0 Å². The fourth-order valence-corrected chi connectivity index (χ4v) is 9.38. The summed E-state index contributed by atoms with van der Waals surface area (Å²) < 4.78 is 40.8. The number of carbonyl (C=O) groups excluding carboxylic acids is 2. The Morgan fingerprint density at radius 2 is 1.02 bits per heavy atom. The highest BCUT2D eigenvalue weighted by atomic mass is 35.5. The second kappa shape index (κ2) is 25.0. The Morgan fingerprint density at radius 1 is 0.641 bits per heavy atom. The van der Waals surface area contributed by atoms with Crippen LogP contribution in [0.5, 0.6) is 0 Å². The highest BCUT2D eigenvalue weighted by Gasteiger charge is 2.33. The highest BCUT2D eigenvalue weighted by molar-refractivity contribution is 6.28. The zero-order valence-corrected chi connectivity index (χ0v) is 37.7. The SMILES string of the molecule is COC[C@H]1CCCN1c1nc(Cl)nc(NNC(=O)[C@@H](CNC(=O)O)CC2CCCC2)c1F.COC[C@H]1CCCN1c1nc(Cl)nc(NNC(=O)[C@@H](CNC(=O)O)CC2CCCC2)c1F. The van der Waals surface area contributed by atoms with Crippen LogP contribution < -0.4 is 42.1 Å². The van der Waals surface area contributed by atoms with Crippen LogP contribution in [0.2, 0.25) is 10.6 Å². The van der Waals surface area contributed by atoms with Gasteiger partial charge >= 0.3 is 12.2 Å². The molecular weight excluding hydrogens is 885 g/mol. The lowest BCUT2D eigenvalue weighted by Gasteiger charge is -2.26. The number of nitrogens with zero attached hydrogens (tertiary/aromatic N) is 6. The Balaban J connectivity index is 0.000000241. The molecule has 24 heteroatoms. The monoisotopic (exact) mass is 944 g/mol. The maximum atomic E-state index is 15.2. The lowest BCUT2D eigenvalue weighted by atomic mass is 9.92. The minimum absolute atomic E-state index is 0.0237. The van der Waals surface area contributed by atoms with Crippen molar-refractivity contribution in [2.45, 2.75) is 102 Å². The van der Waals surface area contributed by atoms with E-state index in [1.54, 1.807) is 24.0 Å². The van der Waals surface area contributed by atoms with E-state index in [0.29, 0.717) is 51.0 Å². The van der Waals surface area contributed by atoms with E-state index >= 15 is 8.78 Å². The summed E-state index contributed by atoms with van der Waals surface area (Å²) in [6, 6.07) is -0.0541. The van der Waals surface area contributed by atoms with Gasteiger partial charge in [0.1, 0.15) is 0 Å². The molecule has 2 saturated carbocycles. The lowest BCUT2D eigenvalue weighted by molar-refractivity contribution is -0.125. The second-order valence-electron chi connectivity index (χ2n) is 16.6. The second-order valence-corrected chi connectivity index (χ2v) is 17.3. The standard InChI is InChI=1S/2C20H30ClFN6O4/c2*1-32-11-14-7-4-8-28(14)17-15(22)16(24-19(21)25-17)26-27-18(29)13(10-23-20(30)31)9-12-5-2-3-6-12/h2*12-14,23H,2-11H2,1H3,(H,27,29)(H,30,31)(H,24,25,26)/t2*13-,14-/m11/s1. The van der Waals surface area contributed by atoms with E-state index in [9.17, 15) is 19.2 Å². The quantitative estimate of drug-likeness (QED) is 0.0595. The Morgan fingerprint density at radius 3 is 1.36 bits per heavy atom. The molecule has 2 saturated heterocycles. The average Bonchev–Trinajstić information content (AvgIpc) is 4.12. The fourth-order valence-electron chi connectivity index (χ4n) is 9.05. The maximum Gasteiger partial charge on any atom is 0.404 e. The number of amides is 4. The molecule has 0 bridgehead atoms. The van der Waals surface area contributed by atoms with Crippen molar-refractivity contribution in [1.29, 1.82) is 0 Å². The van der Waals surface area contributed by atoms with Gasteiger partial charge in [-0.3, -0.25) is 31.3 Å². The van der Waals surface area contributed by atoms with Gasteiger partial charge in [-0.05, 0) is 73.6 Å². The number of anilines is 4. The summed E-state index contributed by atoms with van der Waals surface area (Å²) in [4.78, 5) is 66.8. The van der Waals surface area contributed by atoms with Gasteiger partial charge < -0.3 is 40.1 Å². The van der Waals surface area contributed by atoms with E-state index in [0.717, 1.165) is 77.0 Å². The molecule has 8 N–H and O–H groups in total. The largest absolute Gasteiger partial charge is 0.465 e. The molecule has 6 rings (SSSR count). The first-order chi connectivity index (χ1) is 30.8. The first-order valence-corrected chi connectivity index (χ1v) is 22.6. The zero-order chi connectivity index (χ0) is 46.2. The number of carboxylic acid groups (broad SMARTS) is 2. The molecule has 0 spiro atoms. The van der Waals surface area contributed by atoms with Gasteiger partial charge in [0, 0.05) is 40.4 Å². The van der Waals surface area contributed by atoms with Crippen LogP contribution in [-0.4, -0.2) is 120 Å². The summed E-state index contributed by atoms with van der Waals surface area (Å²) in [5.74, 6) is -3.19. The number of hydrogen-bond acceptors (Lipinski definition) is 14. The molecule has 2 aliphatic heterocycles. The summed E-state index contributed by atoms with van der Waals surface area (Å²) in [5.41, 5.74) is 9.96. The van der Waals surface area contributed by atoms with Gasteiger partial charge in [-0.25, -0.2) is 9.59 Å². The van der Waals surface area contributed by atoms with Gasteiger partial charge in [0.2, 0.25) is 34.0 Å². The van der Waals surface area contributed by atoms with Gasteiger partial charge in [-0.2, -0.15) is 28.7 Å². The molecule has 2 aromatic heterocycles. The van der Waals surface area contributed by atoms with Crippen LogP contribution in [0.1, 0.15) is 89.9 Å². The van der Waals surface area contributed by atoms with Gasteiger partial charge in [0.05, 0.1) is 37.1 Å². The molecule has 64 heavy (non-hydrogen) atoms. The summed E-state index contributed by atoms with van der Waals surface area (Å²) in [6.07, 6.45) is 10.6. The first-order valence-electron chi connectivity index (χ1n) is 21.8. The summed E-state index contributed by atoms with van der Waals surface area (Å²) in [7, 11) is 3.17. The van der Waals surface area contributed by atoms with Gasteiger partial charge in [0.25, 0.3) is 0 Å². The van der Waals surface area contributed by atoms with Crippen LogP contribution in [0, 0.1) is 35.3 Å². The van der Waals surface area contributed by atoms with E-state index in [2.05, 4.69) is 52.3 Å². The minimum Gasteiger partial charge on any atom is -0.465 e. The van der Waals surface area contributed by atoms with Gasteiger partial charge in [0.15, 0.2) is 23.3 Å². The molecule has 4 amide bonds. The number of methoxy groups -OCH3 is 2. The third-order valence-electron chi connectivity index (χ3n) is 12.2. The minimum atomic E-state index is -1.20. The molecule has 0 aromatic carbocycles. The van der Waals surface area contributed by atoms with Crippen molar-refractivity contribution >= 4 is 70.5 Å². The smallest absolute Gasteiger partial charge is 0.404 e. The Labute approximate surface area is 380 Å².